The molecule has 1 atom stereocenters. The first-order chi connectivity index (χ1) is 12.5. The number of hydrogen-bond acceptors (Lipinski definition) is 4. The van der Waals surface area contributed by atoms with E-state index in [1.165, 1.54) is 31.3 Å². The van der Waals surface area contributed by atoms with Crippen LogP contribution in [0.25, 0.3) is 0 Å². The second kappa shape index (κ2) is 7.43. The van der Waals surface area contributed by atoms with Crippen LogP contribution in [0.15, 0.2) is 42.5 Å². The largest absolute Gasteiger partial charge is 0.497 e. The summed E-state index contributed by atoms with van der Waals surface area (Å²) in [6, 6.07) is 10.3. The van der Waals surface area contributed by atoms with Gasteiger partial charge in [-0.15, -0.1) is 0 Å². The molecule has 136 valence electrons. The highest BCUT2D eigenvalue weighted by Gasteiger charge is 2.32. The molecular formula is C19H19FN2O4. The Balaban J connectivity index is 1.72. The first-order valence-corrected chi connectivity index (χ1v) is 8.10. The molecule has 1 fully saturated rings. The molecule has 1 aliphatic rings. The van der Waals surface area contributed by atoms with Crippen molar-refractivity contribution in [2.24, 2.45) is 0 Å². The predicted molar refractivity (Wildman–Crippen MR) is 94.2 cm³/mol. The van der Waals surface area contributed by atoms with Gasteiger partial charge >= 0.3 is 0 Å². The maximum absolute atomic E-state index is 13.4. The topological polar surface area (TPSA) is 67.9 Å². The highest BCUT2D eigenvalue weighted by molar-refractivity contribution is 5.99. The molecule has 26 heavy (non-hydrogen) atoms. The van der Waals surface area contributed by atoms with Gasteiger partial charge in [0.05, 0.1) is 20.3 Å². The molecule has 6 nitrogen and oxygen atoms in total. The number of benzene rings is 2. The summed E-state index contributed by atoms with van der Waals surface area (Å²) < 4.78 is 23.7. The standard InChI is InChI=1S/C19H19FN2O4/c1-25-16-6-12(7-17(10-16)26-2)19(24)21-14-9-18(23)22(11-14)15-5-3-4-13(20)8-15/h3-8,10,14H,9,11H2,1-2H3,(H,21,24). The number of methoxy groups -OCH3 is 2. The summed E-state index contributed by atoms with van der Waals surface area (Å²) in [7, 11) is 3.01. The van der Waals surface area contributed by atoms with Crippen LogP contribution in [0.2, 0.25) is 0 Å². The highest BCUT2D eigenvalue weighted by atomic mass is 19.1. The molecule has 1 N–H and O–H groups in total. The lowest BCUT2D eigenvalue weighted by atomic mass is 10.1. The molecule has 1 unspecified atom stereocenters. The Morgan fingerprint density at radius 3 is 2.46 bits per heavy atom. The van der Waals surface area contributed by atoms with Crippen LogP contribution in [-0.2, 0) is 4.79 Å². The molecule has 7 heteroatoms. The van der Waals surface area contributed by atoms with Crippen LogP contribution in [0, 0.1) is 5.82 Å². The molecule has 0 saturated carbocycles. The summed E-state index contributed by atoms with van der Waals surface area (Å²) in [6.07, 6.45) is 0.156. The number of carbonyl (C=O) groups is 2. The van der Waals surface area contributed by atoms with Crippen LogP contribution in [0.3, 0.4) is 0 Å². The van der Waals surface area contributed by atoms with Crippen LogP contribution in [0.5, 0.6) is 11.5 Å². The normalized spacial score (nSPS) is 16.5. The quantitative estimate of drug-likeness (QED) is 0.891. The van der Waals surface area contributed by atoms with E-state index in [2.05, 4.69) is 5.32 Å². The Hall–Kier alpha value is -3.09. The van der Waals surface area contributed by atoms with Gasteiger partial charge in [0.2, 0.25) is 5.91 Å². The van der Waals surface area contributed by atoms with Crippen LogP contribution in [-0.4, -0.2) is 38.6 Å². The Kier molecular flexibility index (Phi) is 5.06. The molecule has 3 rings (SSSR count). The van der Waals surface area contributed by atoms with Crippen molar-refractivity contribution in [3.05, 3.63) is 53.8 Å². The van der Waals surface area contributed by atoms with Gasteiger partial charge in [-0.1, -0.05) is 6.07 Å². The second-order valence-electron chi connectivity index (χ2n) is 5.96. The van der Waals surface area contributed by atoms with Gasteiger partial charge < -0.3 is 19.7 Å². The van der Waals surface area contributed by atoms with E-state index in [0.29, 0.717) is 22.7 Å². The highest BCUT2D eigenvalue weighted by Crippen LogP contribution is 2.24. The molecule has 0 bridgehead atoms. The first-order valence-electron chi connectivity index (χ1n) is 8.10. The number of amides is 2. The monoisotopic (exact) mass is 358 g/mol. The maximum Gasteiger partial charge on any atom is 0.251 e. The van der Waals surface area contributed by atoms with E-state index in [1.54, 1.807) is 30.3 Å². The summed E-state index contributed by atoms with van der Waals surface area (Å²) in [6.45, 7) is 0.287. The fraction of sp³-hybridized carbons (Fsp3) is 0.263. The Labute approximate surface area is 150 Å². The van der Waals surface area contributed by atoms with Crippen LogP contribution in [0.1, 0.15) is 16.8 Å². The molecule has 0 aliphatic carbocycles. The minimum Gasteiger partial charge on any atom is -0.497 e. The number of ether oxygens (including phenoxy) is 2. The molecule has 0 radical (unpaired) electrons. The summed E-state index contributed by atoms with van der Waals surface area (Å²) in [5.41, 5.74) is 0.854. The van der Waals surface area contributed by atoms with Gasteiger partial charge in [0, 0.05) is 30.3 Å². The molecule has 2 aromatic carbocycles. The number of hydrogen-bond donors (Lipinski definition) is 1. The zero-order valence-electron chi connectivity index (χ0n) is 14.5. The SMILES string of the molecule is COc1cc(OC)cc(C(=O)NC2CC(=O)N(c3cccc(F)c3)C2)c1. The van der Waals surface area contributed by atoms with Gasteiger partial charge in [0.15, 0.2) is 0 Å². The number of nitrogens with one attached hydrogen (secondary N) is 1. The van der Waals surface area contributed by atoms with Crippen molar-refractivity contribution >= 4 is 17.5 Å². The van der Waals surface area contributed by atoms with Gasteiger partial charge in [0.1, 0.15) is 17.3 Å². The first kappa shape index (κ1) is 17.7. The van der Waals surface area contributed by atoms with Gasteiger partial charge in [0.25, 0.3) is 5.91 Å². The predicted octanol–water partition coefficient (Wildman–Crippen LogP) is 2.38. The fourth-order valence-corrected chi connectivity index (χ4v) is 2.91. The average Bonchev–Trinajstić information content (AvgIpc) is 3.01. The summed E-state index contributed by atoms with van der Waals surface area (Å²) in [4.78, 5) is 26.2. The molecule has 2 aromatic rings. The lowest BCUT2D eigenvalue weighted by Gasteiger charge is -2.17. The minimum atomic E-state index is -0.411. The lowest BCUT2D eigenvalue weighted by Crippen LogP contribution is -2.37. The molecule has 0 aromatic heterocycles. The van der Waals surface area contributed by atoms with Gasteiger partial charge in [-0.2, -0.15) is 0 Å². The van der Waals surface area contributed by atoms with Crippen molar-refractivity contribution in [2.75, 3.05) is 25.7 Å². The fourth-order valence-electron chi connectivity index (χ4n) is 2.91. The number of rotatable bonds is 5. The van der Waals surface area contributed by atoms with Gasteiger partial charge in [-0.05, 0) is 30.3 Å². The third kappa shape index (κ3) is 3.77. The van der Waals surface area contributed by atoms with Crippen molar-refractivity contribution in [1.82, 2.24) is 5.32 Å². The Bertz CT molecular complexity index is 818. The summed E-state index contributed by atoms with van der Waals surface area (Å²) in [5.74, 6) is 0.0910. The van der Waals surface area contributed by atoms with E-state index in [4.69, 9.17) is 9.47 Å². The van der Waals surface area contributed by atoms with E-state index in [0.717, 1.165) is 0 Å². The van der Waals surface area contributed by atoms with E-state index < -0.39 is 5.82 Å². The van der Waals surface area contributed by atoms with Gasteiger partial charge in [-0.25, -0.2) is 4.39 Å². The van der Waals surface area contributed by atoms with Crippen molar-refractivity contribution in [3.63, 3.8) is 0 Å². The van der Waals surface area contributed by atoms with E-state index in [1.807, 2.05) is 0 Å². The van der Waals surface area contributed by atoms with E-state index >= 15 is 0 Å². The number of carbonyl (C=O) groups excluding carboxylic acids is 2. The summed E-state index contributed by atoms with van der Waals surface area (Å²) in [5, 5.41) is 2.84. The molecule has 2 amide bonds. The van der Waals surface area contributed by atoms with Crippen LogP contribution < -0.4 is 19.7 Å². The zero-order chi connectivity index (χ0) is 18.7. The number of nitrogens with zero attached hydrogens (tertiary/aromatic N) is 1. The third-order valence-electron chi connectivity index (χ3n) is 4.19. The zero-order valence-corrected chi connectivity index (χ0v) is 14.5. The Morgan fingerprint density at radius 2 is 1.85 bits per heavy atom. The third-order valence-corrected chi connectivity index (χ3v) is 4.19. The maximum atomic E-state index is 13.4. The van der Waals surface area contributed by atoms with Crippen molar-refractivity contribution in [1.29, 1.82) is 0 Å². The van der Waals surface area contributed by atoms with Crippen LogP contribution >= 0.6 is 0 Å². The van der Waals surface area contributed by atoms with Crippen molar-refractivity contribution < 1.29 is 23.5 Å². The lowest BCUT2D eigenvalue weighted by molar-refractivity contribution is -0.117. The molecule has 1 saturated heterocycles. The Morgan fingerprint density at radius 1 is 1.15 bits per heavy atom. The molecule has 0 spiro atoms. The molecule has 1 aliphatic heterocycles. The average molecular weight is 358 g/mol. The van der Waals surface area contributed by atoms with Crippen molar-refractivity contribution in [3.8, 4) is 11.5 Å². The molecular weight excluding hydrogens is 339 g/mol. The number of anilines is 1. The number of halogens is 1. The summed E-state index contributed by atoms with van der Waals surface area (Å²) >= 11 is 0. The van der Waals surface area contributed by atoms with Crippen LogP contribution in [0.4, 0.5) is 10.1 Å². The van der Waals surface area contributed by atoms with Gasteiger partial charge in [-0.3, -0.25) is 9.59 Å². The minimum absolute atomic E-state index is 0.156. The van der Waals surface area contributed by atoms with E-state index in [-0.39, 0.29) is 30.8 Å². The molecule has 1 heterocycles. The smallest absolute Gasteiger partial charge is 0.251 e. The second-order valence-corrected chi connectivity index (χ2v) is 5.96. The van der Waals surface area contributed by atoms with E-state index in [9.17, 15) is 14.0 Å². The van der Waals surface area contributed by atoms with Crippen molar-refractivity contribution in [2.45, 2.75) is 12.5 Å².